The Labute approximate surface area is 159 Å². The van der Waals surface area contributed by atoms with Crippen molar-refractivity contribution < 1.29 is 9.59 Å². The van der Waals surface area contributed by atoms with Gasteiger partial charge in [-0.1, -0.05) is 79.8 Å². The van der Waals surface area contributed by atoms with Gasteiger partial charge in [0.05, 0.1) is 0 Å². The molecule has 2 N–H and O–H groups in total. The van der Waals surface area contributed by atoms with Crippen LogP contribution in [-0.2, 0) is 9.59 Å². The van der Waals surface area contributed by atoms with Gasteiger partial charge in [0.1, 0.15) is 0 Å². The van der Waals surface area contributed by atoms with Crippen LogP contribution in [0.3, 0.4) is 0 Å². The lowest BCUT2D eigenvalue weighted by atomic mass is 9.98. The van der Waals surface area contributed by atoms with Crippen molar-refractivity contribution in [2.24, 2.45) is 0 Å². The van der Waals surface area contributed by atoms with Crippen molar-refractivity contribution in [3.63, 3.8) is 0 Å². The Kier molecular flexibility index (Phi) is 9.02. The number of anilines is 1. The summed E-state index contributed by atoms with van der Waals surface area (Å²) >= 11 is 3.36. The highest BCUT2D eigenvalue weighted by Crippen LogP contribution is 2.18. The van der Waals surface area contributed by atoms with Crippen molar-refractivity contribution in [1.29, 1.82) is 0 Å². The first-order valence-corrected chi connectivity index (χ1v) is 10.3. The van der Waals surface area contributed by atoms with E-state index in [1.165, 1.54) is 44.9 Å². The predicted molar refractivity (Wildman–Crippen MR) is 105 cm³/mol. The lowest BCUT2D eigenvalue weighted by Crippen LogP contribution is -2.41. The predicted octanol–water partition coefficient (Wildman–Crippen LogP) is 5.18. The second-order valence-electron chi connectivity index (χ2n) is 6.89. The van der Waals surface area contributed by atoms with Gasteiger partial charge < -0.3 is 10.6 Å². The molecule has 5 heteroatoms. The Hall–Kier alpha value is -1.36. The molecule has 0 radical (unpaired) electrons. The normalized spacial score (nSPS) is 17.8. The van der Waals surface area contributed by atoms with Crippen LogP contribution < -0.4 is 10.6 Å². The second-order valence-corrected chi connectivity index (χ2v) is 7.81. The summed E-state index contributed by atoms with van der Waals surface area (Å²) in [6.07, 6.45) is 13.2. The Bertz CT molecular complexity index is 550. The number of hydrogen-bond acceptors (Lipinski definition) is 2. The Morgan fingerprint density at radius 2 is 1.40 bits per heavy atom. The zero-order chi connectivity index (χ0) is 17.9. The lowest BCUT2D eigenvalue weighted by Gasteiger charge is -2.19. The molecule has 0 spiro atoms. The highest BCUT2D eigenvalue weighted by Gasteiger charge is 2.18. The molecule has 138 valence electrons. The number of carbonyl (C=O) groups excluding carboxylic acids is 2. The Morgan fingerprint density at radius 1 is 0.840 bits per heavy atom. The van der Waals surface area contributed by atoms with Crippen LogP contribution in [0.1, 0.15) is 70.6 Å². The summed E-state index contributed by atoms with van der Waals surface area (Å²) in [5.74, 6) is -1.12. The third kappa shape index (κ3) is 8.04. The van der Waals surface area contributed by atoms with Gasteiger partial charge >= 0.3 is 11.8 Å². The maximum Gasteiger partial charge on any atom is 0.313 e. The molecular weight excluding hydrogens is 380 g/mol. The average molecular weight is 409 g/mol. The van der Waals surface area contributed by atoms with Crippen molar-refractivity contribution in [3.05, 3.63) is 28.7 Å². The Balaban J connectivity index is 1.83. The maximum absolute atomic E-state index is 12.2. The highest BCUT2D eigenvalue weighted by molar-refractivity contribution is 9.10. The van der Waals surface area contributed by atoms with Gasteiger partial charge in [-0.2, -0.15) is 0 Å². The van der Waals surface area contributed by atoms with E-state index in [1.807, 2.05) is 12.1 Å². The molecule has 4 nitrogen and oxygen atoms in total. The number of amides is 2. The monoisotopic (exact) mass is 408 g/mol. The van der Waals surface area contributed by atoms with E-state index in [0.717, 1.165) is 30.2 Å². The topological polar surface area (TPSA) is 58.2 Å². The third-order valence-electron chi connectivity index (χ3n) is 4.73. The molecule has 2 rings (SSSR count). The smallest absolute Gasteiger partial charge is 0.313 e. The van der Waals surface area contributed by atoms with Gasteiger partial charge in [0.25, 0.3) is 0 Å². The van der Waals surface area contributed by atoms with E-state index in [1.54, 1.807) is 12.1 Å². The molecule has 1 aliphatic carbocycles. The molecule has 1 aromatic carbocycles. The molecule has 0 unspecified atom stereocenters. The van der Waals surface area contributed by atoms with Gasteiger partial charge in [-0.15, -0.1) is 0 Å². The van der Waals surface area contributed by atoms with Crippen LogP contribution in [0.15, 0.2) is 28.7 Å². The molecule has 0 aromatic heterocycles. The highest BCUT2D eigenvalue weighted by atomic mass is 79.9. The van der Waals surface area contributed by atoms with Crippen molar-refractivity contribution in [3.8, 4) is 0 Å². The molecular formula is C20H29BrN2O2. The summed E-state index contributed by atoms with van der Waals surface area (Å²) in [7, 11) is 0. The minimum atomic E-state index is -0.593. The number of carbonyl (C=O) groups is 2. The summed E-state index contributed by atoms with van der Waals surface area (Å²) in [4.78, 5) is 24.4. The van der Waals surface area contributed by atoms with E-state index < -0.39 is 11.8 Å². The first kappa shape index (κ1) is 20.0. The molecule has 0 aliphatic heterocycles. The number of nitrogens with one attached hydrogen (secondary N) is 2. The van der Waals surface area contributed by atoms with E-state index in [9.17, 15) is 9.59 Å². The van der Waals surface area contributed by atoms with Crippen molar-refractivity contribution in [2.75, 3.05) is 5.32 Å². The third-order valence-corrected chi connectivity index (χ3v) is 5.22. The summed E-state index contributed by atoms with van der Waals surface area (Å²) in [5, 5.41) is 5.60. The summed E-state index contributed by atoms with van der Waals surface area (Å²) in [5.41, 5.74) is 0.619. The van der Waals surface area contributed by atoms with E-state index >= 15 is 0 Å². The lowest BCUT2D eigenvalue weighted by molar-refractivity contribution is -0.136. The fraction of sp³-hybridized carbons (Fsp3) is 0.600. The van der Waals surface area contributed by atoms with Crippen LogP contribution in [0.25, 0.3) is 0 Å². The van der Waals surface area contributed by atoms with Gasteiger partial charge in [-0.3, -0.25) is 9.59 Å². The zero-order valence-electron chi connectivity index (χ0n) is 14.9. The molecule has 1 aliphatic rings. The molecule has 0 atom stereocenters. The summed E-state index contributed by atoms with van der Waals surface area (Å²) < 4.78 is 0.866. The summed E-state index contributed by atoms with van der Waals surface area (Å²) in [6, 6.07) is 7.36. The van der Waals surface area contributed by atoms with Crippen molar-refractivity contribution in [1.82, 2.24) is 5.32 Å². The van der Waals surface area contributed by atoms with Gasteiger partial charge in [0.2, 0.25) is 0 Å². The number of hydrogen-bond donors (Lipinski definition) is 2. The van der Waals surface area contributed by atoms with Crippen LogP contribution in [-0.4, -0.2) is 17.9 Å². The maximum atomic E-state index is 12.2. The molecule has 0 saturated heterocycles. The molecule has 1 fully saturated rings. The fourth-order valence-electron chi connectivity index (χ4n) is 3.31. The van der Waals surface area contributed by atoms with Crippen LogP contribution in [0, 0.1) is 0 Å². The first-order chi connectivity index (χ1) is 12.1. The van der Waals surface area contributed by atoms with Crippen LogP contribution in [0.5, 0.6) is 0 Å². The number of halogens is 1. The minimum Gasteiger partial charge on any atom is -0.345 e. The summed E-state index contributed by atoms with van der Waals surface area (Å²) in [6.45, 7) is 0. The molecule has 0 heterocycles. The quantitative estimate of drug-likeness (QED) is 0.662. The van der Waals surface area contributed by atoms with Gasteiger partial charge in [-0.05, 0) is 31.0 Å². The largest absolute Gasteiger partial charge is 0.345 e. The SMILES string of the molecule is O=C(Nc1cccc(Br)c1)C(=O)NC1CCCCCCCCCCC1. The van der Waals surface area contributed by atoms with E-state index in [-0.39, 0.29) is 6.04 Å². The van der Waals surface area contributed by atoms with E-state index in [4.69, 9.17) is 0 Å². The molecule has 2 amide bonds. The minimum absolute atomic E-state index is 0.111. The second kappa shape index (κ2) is 11.3. The molecule has 25 heavy (non-hydrogen) atoms. The average Bonchev–Trinajstić information content (AvgIpc) is 2.57. The molecule has 0 bridgehead atoms. The first-order valence-electron chi connectivity index (χ1n) is 9.52. The number of benzene rings is 1. The molecule has 1 aromatic rings. The van der Waals surface area contributed by atoms with E-state index in [0.29, 0.717) is 5.69 Å². The van der Waals surface area contributed by atoms with Crippen molar-refractivity contribution in [2.45, 2.75) is 76.7 Å². The zero-order valence-corrected chi connectivity index (χ0v) is 16.4. The van der Waals surface area contributed by atoms with Gasteiger partial charge in [0, 0.05) is 16.2 Å². The standard InChI is InChI=1S/C20H29BrN2O2/c21-16-11-10-14-18(15-16)23-20(25)19(24)22-17-12-8-6-4-2-1-3-5-7-9-13-17/h10-11,14-15,17H,1-9,12-13H2,(H,22,24)(H,23,25). The van der Waals surface area contributed by atoms with Crippen LogP contribution in [0.2, 0.25) is 0 Å². The number of rotatable bonds is 2. The Morgan fingerprint density at radius 3 is 1.96 bits per heavy atom. The fourth-order valence-corrected chi connectivity index (χ4v) is 3.71. The van der Waals surface area contributed by atoms with Crippen LogP contribution >= 0.6 is 15.9 Å². The van der Waals surface area contributed by atoms with Crippen molar-refractivity contribution >= 4 is 33.4 Å². The van der Waals surface area contributed by atoms with Gasteiger partial charge in [-0.25, -0.2) is 0 Å². The molecule has 1 saturated carbocycles. The van der Waals surface area contributed by atoms with E-state index in [2.05, 4.69) is 26.6 Å². The van der Waals surface area contributed by atoms with Crippen LogP contribution in [0.4, 0.5) is 5.69 Å². The van der Waals surface area contributed by atoms with Gasteiger partial charge in [0.15, 0.2) is 0 Å².